The summed E-state index contributed by atoms with van der Waals surface area (Å²) in [5, 5.41) is 0.854. The van der Waals surface area contributed by atoms with Crippen LogP contribution in [0, 0.1) is 13.8 Å². The highest BCUT2D eigenvalue weighted by atomic mass is 32.1. The highest BCUT2D eigenvalue weighted by Crippen LogP contribution is 2.51. The monoisotopic (exact) mass is 564 g/mol. The van der Waals surface area contributed by atoms with Crippen molar-refractivity contribution in [1.82, 2.24) is 9.80 Å². The third-order valence-corrected chi connectivity index (χ3v) is 11.3. The molecule has 40 heavy (non-hydrogen) atoms. The molecule has 4 aliphatic rings. The molecule has 0 unspecified atom stereocenters. The van der Waals surface area contributed by atoms with Crippen LogP contribution in [-0.2, 0) is 12.8 Å². The summed E-state index contributed by atoms with van der Waals surface area (Å²) in [6.07, 6.45) is 4.10. The number of rotatable bonds is 1. The molecule has 4 amide bonds. The number of allylic oxidation sites excluding steroid dienone is 2. The zero-order valence-corrected chi connectivity index (χ0v) is 24.1. The fraction of sp³-hybridized carbons (Fsp3) is 0.250. The first-order chi connectivity index (χ1) is 19.2. The van der Waals surface area contributed by atoms with Gasteiger partial charge in [0.15, 0.2) is 0 Å². The number of nitrogens with zero attached hydrogens (tertiary/aromatic N) is 2. The van der Waals surface area contributed by atoms with E-state index in [0.717, 1.165) is 40.4 Å². The fourth-order valence-electron chi connectivity index (χ4n) is 7.06. The smallest absolute Gasteiger partial charge is 0.261 e. The van der Waals surface area contributed by atoms with Gasteiger partial charge in [-0.05, 0) is 91.6 Å². The Balaban J connectivity index is 1.42. The van der Waals surface area contributed by atoms with Gasteiger partial charge in [0, 0.05) is 61.1 Å². The number of hydrogen-bond acceptors (Lipinski definition) is 6. The van der Waals surface area contributed by atoms with E-state index in [0.29, 0.717) is 44.2 Å². The average molecular weight is 565 g/mol. The minimum Gasteiger partial charge on any atom is -0.277 e. The van der Waals surface area contributed by atoms with E-state index in [1.807, 2.05) is 11.3 Å². The van der Waals surface area contributed by atoms with Crippen molar-refractivity contribution in [2.45, 2.75) is 39.5 Å². The predicted octanol–water partition coefficient (Wildman–Crippen LogP) is 6.50. The van der Waals surface area contributed by atoms with Gasteiger partial charge in [0.1, 0.15) is 0 Å². The maximum Gasteiger partial charge on any atom is 0.261 e. The molecule has 0 N–H and O–H groups in total. The number of carbonyl (C=O) groups is 4. The van der Waals surface area contributed by atoms with Crippen molar-refractivity contribution >= 4 is 68.2 Å². The van der Waals surface area contributed by atoms with Crippen molar-refractivity contribution in [2.24, 2.45) is 0 Å². The van der Waals surface area contributed by atoms with Gasteiger partial charge in [0.05, 0.1) is 11.1 Å². The highest BCUT2D eigenvalue weighted by Gasteiger charge is 2.41. The van der Waals surface area contributed by atoms with Crippen molar-refractivity contribution < 1.29 is 19.2 Å². The van der Waals surface area contributed by atoms with E-state index >= 15 is 0 Å². The molecule has 2 aromatic carbocycles. The molecule has 4 heterocycles. The molecule has 0 radical (unpaired) electrons. The fourth-order valence-corrected chi connectivity index (χ4v) is 9.33. The molecule has 8 heteroatoms. The molecule has 2 aliphatic carbocycles. The molecule has 0 saturated heterocycles. The van der Waals surface area contributed by atoms with Gasteiger partial charge in [0.25, 0.3) is 23.6 Å². The Morgan fingerprint density at radius 1 is 0.575 bits per heavy atom. The molecular weight excluding hydrogens is 540 g/mol. The first-order valence-corrected chi connectivity index (χ1v) is 15.0. The number of hydrogen-bond donors (Lipinski definition) is 0. The van der Waals surface area contributed by atoms with Gasteiger partial charge < -0.3 is 0 Å². The normalized spacial score (nSPS) is 19.4. The second-order valence-electron chi connectivity index (χ2n) is 11.1. The predicted molar refractivity (Wildman–Crippen MR) is 157 cm³/mol. The Morgan fingerprint density at radius 2 is 1.12 bits per heavy atom. The number of aryl methyl sites for hydroxylation is 4. The van der Waals surface area contributed by atoms with Crippen molar-refractivity contribution in [3.05, 3.63) is 77.8 Å². The van der Waals surface area contributed by atoms with E-state index in [4.69, 9.17) is 0 Å². The first-order valence-electron chi connectivity index (χ1n) is 13.4. The lowest BCUT2D eigenvalue weighted by atomic mass is 9.81. The number of benzene rings is 2. The lowest BCUT2D eigenvalue weighted by molar-refractivity contribution is 0.0629. The highest BCUT2D eigenvalue weighted by molar-refractivity contribution is 7.16. The second kappa shape index (κ2) is 7.86. The molecule has 6 nitrogen and oxygen atoms in total. The molecule has 0 saturated carbocycles. The van der Waals surface area contributed by atoms with E-state index < -0.39 is 23.6 Å². The number of carbonyl (C=O) groups excluding carboxylic acids is 4. The Kier molecular flexibility index (Phi) is 4.71. The van der Waals surface area contributed by atoms with E-state index in [1.54, 1.807) is 30.4 Å². The summed E-state index contributed by atoms with van der Waals surface area (Å²) in [6.45, 7) is 3.94. The molecule has 198 valence electrons. The van der Waals surface area contributed by atoms with Crippen LogP contribution in [-0.4, -0.2) is 47.5 Å². The van der Waals surface area contributed by atoms with Gasteiger partial charge in [-0.25, -0.2) is 0 Å². The standard InChI is InChI=1S/C32H24N2O4S2/c1-13-9-20-27-26-21(30(36)33(3)31(37)25(13)26)11-19(28(27)32(38)34(4)29(20)35)24-12-18-16(6-8-23(18)40-24)15-5-7-22-17(15)10-14(2)39-22/h9-12H,5-8H2,1-4H3/b16-15+. The molecule has 0 bridgehead atoms. The van der Waals surface area contributed by atoms with Crippen molar-refractivity contribution in [3.8, 4) is 10.4 Å². The molecule has 0 atom stereocenters. The summed E-state index contributed by atoms with van der Waals surface area (Å²) in [5.41, 5.74) is 8.25. The van der Waals surface area contributed by atoms with Gasteiger partial charge in [-0.1, -0.05) is 0 Å². The molecule has 2 aromatic heterocycles. The minimum atomic E-state index is -0.419. The van der Waals surface area contributed by atoms with E-state index in [-0.39, 0.29) is 0 Å². The first kappa shape index (κ1) is 24.0. The lowest BCUT2D eigenvalue weighted by Crippen LogP contribution is -2.41. The van der Waals surface area contributed by atoms with Gasteiger partial charge >= 0.3 is 0 Å². The molecule has 2 aliphatic heterocycles. The third-order valence-electron chi connectivity index (χ3n) is 8.93. The maximum absolute atomic E-state index is 13.8. The Morgan fingerprint density at radius 3 is 1.80 bits per heavy atom. The van der Waals surface area contributed by atoms with Crippen LogP contribution in [0.5, 0.6) is 0 Å². The Hall–Kier alpha value is -3.88. The van der Waals surface area contributed by atoms with Crippen LogP contribution in [0.15, 0.2) is 24.3 Å². The average Bonchev–Trinajstić information content (AvgIpc) is 3.69. The summed E-state index contributed by atoms with van der Waals surface area (Å²) in [5.74, 6) is -1.66. The van der Waals surface area contributed by atoms with Crippen LogP contribution in [0.3, 0.4) is 0 Å². The van der Waals surface area contributed by atoms with Gasteiger partial charge in [-0.3, -0.25) is 29.0 Å². The number of imide groups is 2. The number of fused-ring (bicyclic) bond motifs is 2. The van der Waals surface area contributed by atoms with Crippen LogP contribution in [0.1, 0.15) is 85.6 Å². The minimum absolute atomic E-state index is 0.361. The van der Waals surface area contributed by atoms with Gasteiger partial charge in [-0.15, -0.1) is 22.7 Å². The molecule has 0 fully saturated rings. The largest absolute Gasteiger partial charge is 0.277 e. The number of amides is 4. The van der Waals surface area contributed by atoms with Crippen molar-refractivity contribution in [3.63, 3.8) is 0 Å². The lowest BCUT2D eigenvalue weighted by Gasteiger charge is -2.31. The SMILES string of the molecule is Cc1cc2c(s1)CC/C2=C1/CCc2sc(-c3cc4c5c(c(C)cc6c5c3C(=O)N(C)C6=O)C(=O)N(C)C4=O)cc21. The summed E-state index contributed by atoms with van der Waals surface area (Å²) in [6, 6.07) is 7.96. The van der Waals surface area contributed by atoms with E-state index in [1.165, 1.54) is 51.0 Å². The summed E-state index contributed by atoms with van der Waals surface area (Å²) >= 11 is 3.55. The summed E-state index contributed by atoms with van der Waals surface area (Å²) < 4.78 is 0. The molecular formula is C32H24N2O4S2. The van der Waals surface area contributed by atoms with Crippen LogP contribution in [0.25, 0.3) is 32.4 Å². The quantitative estimate of drug-likeness (QED) is 0.247. The zero-order valence-electron chi connectivity index (χ0n) is 22.5. The van der Waals surface area contributed by atoms with E-state index in [2.05, 4.69) is 19.1 Å². The maximum atomic E-state index is 13.8. The molecule has 0 spiro atoms. The van der Waals surface area contributed by atoms with Gasteiger partial charge in [0.2, 0.25) is 0 Å². The van der Waals surface area contributed by atoms with E-state index in [9.17, 15) is 19.2 Å². The summed E-state index contributed by atoms with van der Waals surface area (Å²) in [4.78, 5) is 61.0. The van der Waals surface area contributed by atoms with Crippen LogP contribution in [0.4, 0.5) is 0 Å². The van der Waals surface area contributed by atoms with Crippen LogP contribution in [0.2, 0.25) is 0 Å². The summed E-state index contributed by atoms with van der Waals surface area (Å²) in [7, 11) is 2.98. The Bertz CT molecular complexity index is 1990. The number of thiophene rings is 2. The third kappa shape index (κ3) is 2.87. The van der Waals surface area contributed by atoms with Crippen molar-refractivity contribution in [1.29, 1.82) is 0 Å². The molecule has 8 rings (SSSR count). The Labute approximate surface area is 238 Å². The van der Waals surface area contributed by atoms with Gasteiger partial charge in [-0.2, -0.15) is 0 Å². The molecule has 4 aromatic rings. The second-order valence-corrected chi connectivity index (χ2v) is 13.6. The zero-order chi connectivity index (χ0) is 27.8. The van der Waals surface area contributed by atoms with Crippen LogP contribution < -0.4 is 0 Å². The van der Waals surface area contributed by atoms with Crippen LogP contribution >= 0.6 is 22.7 Å². The topological polar surface area (TPSA) is 74.8 Å². The van der Waals surface area contributed by atoms with Crippen molar-refractivity contribution in [2.75, 3.05) is 14.1 Å².